The van der Waals surface area contributed by atoms with Crippen LogP contribution in [0.3, 0.4) is 0 Å². The number of alkyl halides is 1. The summed E-state index contributed by atoms with van der Waals surface area (Å²) in [5.41, 5.74) is 0.640. The molecule has 0 amide bonds. The van der Waals surface area contributed by atoms with Gasteiger partial charge in [0, 0.05) is 10.4 Å². The molecule has 0 aromatic heterocycles. The van der Waals surface area contributed by atoms with Gasteiger partial charge < -0.3 is 0 Å². The van der Waals surface area contributed by atoms with Gasteiger partial charge in [-0.25, -0.2) is 0 Å². The average molecular weight is 259 g/mol. The number of carbonyl (C=O) groups is 1. The minimum atomic E-state index is -0.471. The molecule has 0 aliphatic rings. The summed E-state index contributed by atoms with van der Waals surface area (Å²) in [6.45, 7) is 5.64. The predicted molar refractivity (Wildman–Crippen MR) is 69.3 cm³/mol. The standard InChI is InChI=1S/C13H16Cl2O/c1-13(2,3)12(16)11(15)8-9-4-6-10(14)7-5-9/h4-7,11H,8H2,1-3H3. The number of benzene rings is 1. The molecule has 0 saturated heterocycles. The highest BCUT2D eigenvalue weighted by molar-refractivity contribution is 6.32. The largest absolute Gasteiger partial charge is 0.297 e. The van der Waals surface area contributed by atoms with Gasteiger partial charge >= 0.3 is 0 Å². The lowest BCUT2D eigenvalue weighted by molar-refractivity contribution is -0.125. The second kappa shape index (κ2) is 5.20. The van der Waals surface area contributed by atoms with Crippen molar-refractivity contribution in [2.45, 2.75) is 32.6 Å². The Bertz CT molecular complexity index is 363. The molecule has 1 rings (SSSR count). The first-order valence-electron chi connectivity index (χ1n) is 5.23. The molecule has 16 heavy (non-hydrogen) atoms. The monoisotopic (exact) mass is 258 g/mol. The van der Waals surface area contributed by atoms with Gasteiger partial charge in [-0.3, -0.25) is 4.79 Å². The fourth-order valence-corrected chi connectivity index (χ4v) is 2.02. The molecular formula is C13H16Cl2O. The predicted octanol–water partition coefficient (Wildman–Crippen LogP) is 4.11. The highest BCUT2D eigenvalue weighted by atomic mass is 35.5. The van der Waals surface area contributed by atoms with Crippen LogP contribution in [0.5, 0.6) is 0 Å². The fraction of sp³-hybridized carbons (Fsp3) is 0.462. The van der Waals surface area contributed by atoms with E-state index in [0.717, 1.165) is 5.56 Å². The summed E-state index contributed by atoms with van der Waals surface area (Å²) in [5, 5.41) is 0.221. The van der Waals surface area contributed by atoms with Gasteiger partial charge in [-0.1, -0.05) is 44.5 Å². The van der Waals surface area contributed by atoms with E-state index in [1.807, 2.05) is 45.0 Å². The summed E-state index contributed by atoms with van der Waals surface area (Å²) in [6, 6.07) is 7.41. The van der Waals surface area contributed by atoms with Crippen molar-refractivity contribution in [2.24, 2.45) is 5.41 Å². The van der Waals surface area contributed by atoms with Crippen LogP contribution in [0, 0.1) is 5.41 Å². The van der Waals surface area contributed by atoms with E-state index in [9.17, 15) is 4.79 Å². The molecule has 1 aromatic carbocycles. The van der Waals surface area contributed by atoms with Crippen LogP contribution in [-0.2, 0) is 11.2 Å². The second-order valence-corrected chi connectivity index (χ2v) is 5.88. The summed E-state index contributed by atoms with van der Waals surface area (Å²) in [6.07, 6.45) is 0.550. The molecule has 0 aliphatic heterocycles. The van der Waals surface area contributed by atoms with E-state index in [2.05, 4.69) is 0 Å². The Labute approximate surface area is 107 Å². The van der Waals surface area contributed by atoms with Crippen molar-refractivity contribution >= 4 is 29.0 Å². The average Bonchev–Trinajstić information content (AvgIpc) is 2.19. The van der Waals surface area contributed by atoms with Crippen LogP contribution in [-0.4, -0.2) is 11.2 Å². The molecule has 0 radical (unpaired) electrons. The smallest absolute Gasteiger partial charge is 0.156 e. The van der Waals surface area contributed by atoms with E-state index in [4.69, 9.17) is 23.2 Å². The Morgan fingerprint density at radius 1 is 1.25 bits per heavy atom. The zero-order valence-electron chi connectivity index (χ0n) is 9.76. The maximum Gasteiger partial charge on any atom is 0.156 e. The topological polar surface area (TPSA) is 17.1 Å². The number of Topliss-reactive ketones (excluding diaryl/α,β-unsaturated/α-hetero) is 1. The van der Waals surface area contributed by atoms with E-state index < -0.39 is 10.8 Å². The van der Waals surface area contributed by atoms with Crippen LogP contribution in [0.15, 0.2) is 24.3 Å². The molecule has 1 atom stereocenters. The quantitative estimate of drug-likeness (QED) is 0.747. The third kappa shape index (κ3) is 3.80. The lowest BCUT2D eigenvalue weighted by Gasteiger charge is -2.20. The molecular weight excluding hydrogens is 243 g/mol. The van der Waals surface area contributed by atoms with Crippen LogP contribution in [0.1, 0.15) is 26.3 Å². The summed E-state index contributed by atoms with van der Waals surface area (Å²) < 4.78 is 0. The first-order chi connectivity index (χ1) is 7.30. The van der Waals surface area contributed by atoms with Gasteiger partial charge in [-0.05, 0) is 24.1 Å². The number of carbonyl (C=O) groups excluding carboxylic acids is 1. The van der Waals surface area contributed by atoms with E-state index in [0.29, 0.717) is 11.4 Å². The highest BCUT2D eigenvalue weighted by Gasteiger charge is 2.28. The van der Waals surface area contributed by atoms with Gasteiger partial charge in [-0.2, -0.15) is 0 Å². The Morgan fingerprint density at radius 3 is 2.19 bits per heavy atom. The van der Waals surface area contributed by atoms with E-state index in [1.54, 1.807) is 0 Å². The summed E-state index contributed by atoms with van der Waals surface area (Å²) in [5.74, 6) is 0.0733. The molecule has 0 spiro atoms. The van der Waals surface area contributed by atoms with Crippen molar-refractivity contribution in [3.63, 3.8) is 0 Å². The number of ketones is 1. The molecule has 0 heterocycles. The van der Waals surface area contributed by atoms with Crippen molar-refractivity contribution in [2.75, 3.05) is 0 Å². The highest BCUT2D eigenvalue weighted by Crippen LogP contribution is 2.22. The summed E-state index contributed by atoms with van der Waals surface area (Å²) in [4.78, 5) is 11.9. The number of hydrogen-bond donors (Lipinski definition) is 0. The van der Waals surface area contributed by atoms with Crippen molar-refractivity contribution in [3.8, 4) is 0 Å². The normalized spacial score (nSPS) is 13.6. The number of halogens is 2. The first-order valence-corrected chi connectivity index (χ1v) is 6.05. The molecule has 0 fully saturated rings. The third-order valence-electron chi connectivity index (χ3n) is 2.35. The minimum absolute atomic E-state index is 0.0733. The lowest BCUT2D eigenvalue weighted by Crippen LogP contribution is -2.30. The Balaban J connectivity index is 2.68. The van der Waals surface area contributed by atoms with Crippen LogP contribution in [0.2, 0.25) is 5.02 Å². The maximum atomic E-state index is 11.9. The van der Waals surface area contributed by atoms with Crippen molar-refractivity contribution in [1.29, 1.82) is 0 Å². The van der Waals surface area contributed by atoms with Crippen LogP contribution >= 0.6 is 23.2 Å². The van der Waals surface area contributed by atoms with E-state index >= 15 is 0 Å². The molecule has 0 saturated carbocycles. The van der Waals surface area contributed by atoms with Gasteiger partial charge in [-0.15, -0.1) is 11.6 Å². The summed E-state index contributed by atoms with van der Waals surface area (Å²) >= 11 is 11.9. The molecule has 0 aliphatic carbocycles. The zero-order chi connectivity index (χ0) is 12.3. The van der Waals surface area contributed by atoms with Crippen molar-refractivity contribution in [3.05, 3.63) is 34.9 Å². The number of hydrogen-bond acceptors (Lipinski definition) is 1. The Morgan fingerprint density at radius 2 is 1.75 bits per heavy atom. The minimum Gasteiger partial charge on any atom is -0.297 e. The van der Waals surface area contributed by atoms with Crippen molar-refractivity contribution in [1.82, 2.24) is 0 Å². The SMILES string of the molecule is CC(C)(C)C(=O)C(Cl)Cc1ccc(Cl)cc1. The zero-order valence-corrected chi connectivity index (χ0v) is 11.3. The summed E-state index contributed by atoms with van der Waals surface area (Å²) in [7, 11) is 0. The van der Waals surface area contributed by atoms with Crippen LogP contribution < -0.4 is 0 Å². The molecule has 3 heteroatoms. The molecule has 1 aromatic rings. The van der Waals surface area contributed by atoms with Crippen LogP contribution in [0.4, 0.5) is 0 Å². The molecule has 0 bridgehead atoms. The number of rotatable bonds is 3. The van der Waals surface area contributed by atoms with Gasteiger partial charge in [0.25, 0.3) is 0 Å². The first kappa shape index (κ1) is 13.5. The van der Waals surface area contributed by atoms with E-state index in [1.165, 1.54) is 0 Å². The molecule has 88 valence electrons. The molecule has 1 unspecified atom stereocenters. The lowest BCUT2D eigenvalue weighted by atomic mass is 9.87. The van der Waals surface area contributed by atoms with Gasteiger partial charge in [0.05, 0.1) is 5.38 Å². The van der Waals surface area contributed by atoms with Gasteiger partial charge in [0.1, 0.15) is 0 Å². The maximum absolute atomic E-state index is 11.9. The van der Waals surface area contributed by atoms with Crippen molar-refractivity contribution < 1.29 is 4.79 Å². The second-order valence-electron chi connectivity index (χ2n) is 4.91. The fourth-order valence-electron chi connectivity index (χ4n) is 1.39. The third-order valence-corrected chi connectivity index (χ3v) is 2.96. The molecule has 1 nitrogen and oxygen atoms in total. The Kier molecular flexibility index (Phi) is 4.40. The van der Waals surface area contributed by atoms with Crippen LogP contribution in [0.25, 0.3) is 0 Å². The van der Waals surface area contributed by atoms with Gasteiger partial charge in [0.2, 0.25) is 0 Å². The Hall–Kier alpha value is -0.530. The van der Waals surface area contributed by atoms with E-state index in [-0.39, 0.29) is 5.78 Å². The molecule has 0 N–H and O–H groups in total. The van der Waals surface area contributed by atoms with Gasteiger partial charge in [0.15, 0.2) is 5.78 Å².